The van der Waals surface area contributed by atoms with Crippen LogP contribution in [0, 0.1) is 4.77 Å². The first-order chi connectivity index (χ1) is 9.74. The van der Waals surface area contributed by atoms with Gasteiger partial charge in [0.2, 0.25) is 0 Å². The molecular formula is C14H19N3O2S. The van der Waals surface area contributed by atoms with E-state index in [4.69, 9.17) is 21.7 Å². The third-order valence-corrected chi connectivity index (χ3v) is 3.34. The van der Waals surface area contributed by atoms with Crippen LogP contribution in [-0.2, 0) is 13.0 Å². The first-order valence-electron chi connectivity index (χ1n) is 6.65. The van der Waals surface area contributed by atoms with Crippen LogP contribution in [0.3, 0.4) is 0 Å². The van der Waals surface area contributed by atoms with E-state index < -0.39 is 0 Å². The summed E-state index contributed by atoms with van der Waals surface area (Å²) in [6.07, 6.45) is 1.74. The SMILES string of the molecule is CCn1c(CCCOc2ccc(OC)cc2)n[nH]c1=S. The number of rotatable bonds is 7. The van der Waals surface area contributed by atoms with Gasteiger partial charge in [-0.3, -0.25) is 5.10 Å². The van der Waals surface area contributed by atoms with Gasteiger partial charge in [-0.25, -0.2) is 0 Å². The Kier molecular flexibility index (Phi) is 5.17. The van der Waals surface area contributed by atoms with Gasteiger partial charge in [-0.05, 0) is 49.8 Å². The van der Waals surface area contributed by atoms with Crippen molar-refractivity contribution in [1.82, 2.24) is 14.8 Å². The van der Waals surface area contributed by atoms with Gasteiger partial charge < -0.3 is 14.0 Å². The molecule has 20 heavy (non-hydrogen) atoms. The summed E-state index contributed by atoms with van der Waals surface area (Å²) in [5.41, 5.74) is 0. The molecule has 0 aliphatic heterocycles. The van der Waals surface area contributed by atoms with Crippen molar-refractivity contribution in [3.8, 4) is 11.5 Å². The van der Waals surface area contributed by atoms with Crippen LogP contribution in [0.2, 0.25) is 0 Å². The molecular weight excluding hydrogens is 274 g/mol. The van der Waals surface area contributed by atoms with Gasteiger partial charge in [0.05, 0.1) is 13.7 Å². The molecule has 0 aliphatic carbocycles. The van der Waals surface area contributed by atoms with Crippen LogP contribution in [0.1, 0.15) is 19.2 Å². The summed E-state index contributed by atoms with van der Waals surface area (Å²) < 4.78 is 13.5. The molecule has 5 nitrogen and oxygen atoms in total. The van der Waals surface area contributed by atoms with E-state index in [2.05, 4.69) is 17.1 Å². The Morgan fingerprint density at radius 3 is 2.60 bits per heavy atom. The predicted molar refractivity (Wildman–Crippen MR) is 79.9 cm³/mol. The minimum absolute atomic E-state index is 0.648. The smallest absolute Gasteiger partial charge is 0.195 e. The number of methoxy groups -OCH3 is 1. The third kappa shape index (κ3) is 3.60. The van der Waals surface area contributed by atoms with Crippen molar-refractivity contribution >= 4 is 12.2 Å². The lowest BCUT2D eigenvalue weighted by Crippen LogP contribution is -2.05. The molecule has 0 bridgehead atoms. The average molecular weight is 293 g/mol. The number of hydrogen-bond donors (Lipinski definition) is 1. The second-order valence-corrected chi connectivity index (χ2v) is 4.70. The number of nitrogens with one attached hydrogen (secondary N) is 1. The Bertz CT molecular complexity index is 589. The second-order valence-electron chi connectivity index (χ2n) is 4.32. The monoisotopic (exact) mass is 293 g/mol. The van der Waals surface area contributed by atoms with E-state index in [1.54, 1.807) is 7.11 Å². The van der Waals surface area contributed by atoms with Crippen LogP contribution < -0.4 is 9.47 Å². The number of nitrogens with zero attached hydrogens (tertiary/aromatic N) is 2. The van der Waals surface area contributed by atoms with Crippen LogP contribution in [0.5, 0.6) is 11.5 Å². The summed E-state index contributed by atoms with van der Waals surface area (Å²) >= 11 is 5.15. The number of aromatic amines is 1. The Morgan fingerprint density at radius 1 is 1.25 bits per heavy atom. The van der Waals surface area contributed by atoms with Crippen LogP contribution >= 0.6 is 12.2 Å². The molecule has 6 heteroatoms. The van der Waals surface area contributed by atoms with Gasteiger partial charge in [0.25, 0.3) is 0 Å². The van der Waals surface area contributed by atoms with E-state index in [1.807, 2.05) is 28.8 Å². The standard InChI is InChI=1S/C14H19N3O2S/c1-3-17-13(15-16-14(17)20)5-4-10-19-12-8-6-11(18-2)7-9-12/h6-9H,3-5,10H2,1-2H3,(H,16,20). The van der Waals surface area contributed by atoms with Crippen molar-refractivity contribution in [3.63, 3.8) is 0 Å². The molecule has 108 valence electrons. The maximum Gasteiger partial charge on any atom is 0.195 e. The van der Waals surface area contributed by atoms with Gasteiger partial charge in [-0.1, -0.05) is 0 Å². The minimum atomic E-state index is 0.648. The summed E-state index contributed by atoms with van der Waals surface area (Å²) in [6, 6.07) is 7.58. The number of aromatic nitrogens is 3. The lowest BCUT2D eigenvalue weighted by molar-refractivity contribution is 0.308. The molecule has 1 aromatic heterocycles. The minimum Gasteiger partial charge on any atom is -0.497 e. The fourth-order valence-corrected chi connectivity index (χ4v) is 2.24. The van der Waals surface area contributed by atoms with Crippen LogP contribution in [0.4, 0.5) is 0 Å². The number of hydrogen-bond acceptors (Lipinski definition) is 4. The zero-order valence-electron chi connectivity index (χ0n) is 11.8. The number of aryl methyl sites for hydroxylation is 1. The highest BCUT2D eigenvalue weighted by Gasteiger charge is 2.04. The zero-order chi connectivity index (χ0) is 14.4. The second kappa shape index (κ2) is 7.09. The molecule has 2 rings (SSSR count). The van der Waals surface area contributed by atoms with Gasteiger partial charge >= 0.3 is 0 Å². The van der Waals surface area contributed by atoms with Crippen molar-refractivity contribution in [2.75, 3.05) is 13.7 Å². The maximum absolute atomic E-state index is 5.68. The van der Waals surface area contributed by atoms with Gasteiger partial charge in [-0.2, -0.15) is 5.10 Å². The largest absolute Gasteiger partial charge is 0.497 e. The van der Waals surface area contributed by atoms with Gasteiger partial charge in [0, 0.05) is 13.0 Å². The molecule has 0 saturated carbocycles. The van der Waals surface area contributed by atoms with Crippen molar-refractivity contribution in [3.05, 3.63) is 34.9 Å². The maximum atomic E-state index is 5.68. The van der Waals surface area contributed by atoms with Crippen LogP contribution in [0.15, 0.2) is 24.3 Å². The fraction of sp³-hybridized carbons (Fsp3) is 0.429. The summed E-state index contributed by atoms with van der Waals surface area (Å²) in [7, 11) is 1.65. The lowest BCUT2D eigenvalue weighted by atomic mass is 10.3. The summed E-state index contributed by atoms with van der Waals surface area (Å²) in [5, 5.41) is 7.05. The normalized spacial score (nSPS) is 10.5. The highest BCUT2D eigenvalue weighted by Crippen LogP contribution is 2.17. The third-order valence-electron chi connectivity index (χ3n) is 3.03. The van der Waals surface area contributed by atoms with Crippen LogP contribution in [-0.4, -0.2) is 28.5 Å². The summed E-state index contributed by atoms with van der Waals surface area (Å²) in [4.78, 5) is 0. The van der Waals surface area contributed by atoms with Gasteiger partial charge in [0.1, 0.15) is 17.3 Å². The van der Waals surface area contributed by atoms with Crippen molar-refractivity contribution in [2.45, 2.75) is 26.3 Å². The number of benzene rings is 1. The molecule has 0 saturated heterocycles. The van der Waals surface area contributed by atoms with E-state index in [9.17, 15) is 0 Å². The fourth-order valence-electron chi connectivity index (χ4n) is 1.96. The Morgan fingerprint density at radius 2 is 1.95 bits per heavy atom. The molecule has 0 amide bonds. The van der Waals surface area contributed by atoms with Crippen molar-refractivity contribution in [1.29, 1.82) is 0 Å². The van der Waals surface area contributed by atoms with E-state index in [-0.39, 0.29) is 0 Å². The topological polar surface area (TPSA) is 52.1 Å². The molecule has 0 radical (unpaired) electrons. The average Bonchev–Trinajstić information content (AvgIpc) is 2.84. The Balaban J connectivity index is 1.79. The molecule has 0 spiro atoms. The van der Waals surface area contributed by atoms with E-state index in [0.717, 1.165) is 36.7 Å². The first kappa shape index (κ1) is 14.6. The number of H-pyrrole nitrogens is 1. The van der Waals surface area contributed by atoms with E-state index in [0.29, 0.717) is 11.4 Å². The predicted octanol–water partition coefficient (Wildman–Crippen LogP) is 2.98. The van der Waals surface area contributed by atoms with Crippen molar-refractivity contribution in [2.24, 2.45) is 0 Å². The highest BCUT2D eigenvalue weighted by molar-refractivity contribution is 7.71. The Labute approximate surface area is 123 Å². The van der Waals surface area contributed by atoms with Crippen LogP contribution in [0.25, 0.3) is 0 Å². The lowest BCUT2D eigenvalue weighted by Gasteiger charge is -2.07. The van der Waals surface area contributed by atoms with Gasteiger partial charge in [-0.15, -0.1) is 0 Å². The highest BCUT2D eigenvalue weighted by atomic mass is 32.1. The summed E-state index contributed by atoms with van der Waals surface area (Å²) in [5.74, 6) is 2.66. The molecule has 1 N–H and O–H groups in total. The van der Waals surface area contributed by atoms with Gasteiger partial charge in [0.15, 0.2) is 4.77 Å². The van der Waals surface area contributed by atoms with E-state index >= 15 is 0 Å². The van der Waals surface area contributed by atoms with E-state index in [1.165, 1.54) is 0 Å². The van der Waals surface area contributed by atoms with Crippen molar-refractivity contribution < 1.29 is 9.47 Å². The molecule has 1 aromatic carbocycles. The molecule has 1 heterocycles. The number of ether oxygens (including phenoxy) is 2. The zero-order valence-corrected chi connectivity index (χ0v) is 12.6. The quantitative estimate of drug-likeness (QED) is 0.630. The molecule has 2 aromatic rings. The first-order valence-corrected chi connectivity index (χ1v) is 7.06. The molecule has 0 fully saturated rings. The molecule has 0 unspecified atom stereocenters. The Hall–Kier alpha value is -1.82. The summed E-state index contributed by atoms with van der Waals surface area (Å²) in [6.45, 7) is 3.54. The molecule has 0 atom stereocenters. The molecule has 0 aliphatic rings.